The summed E-state index contributed by atoms with van der Waals surface area (Å²) in [6.07, 6.45) is 0. The predicted octanol–water partition coefficient (Wildman–Crippen LogP) is 3.26. The van der Waals surface area contributed by atoms with Crippen molar-refractivity contribution in [1.29, 1.82) is 5.26 Å². The number of rotatable bonds is 4. The molecule has 1 aromatic heterocycles. The number of nitrogens with zero attached hydrogens (tertiary/aromatic N) is 3. The molecule has 0 atom stereocenters. The summed E-state index contributed by atoms with van der Waals surface area (Å²) in [5.74, 6) is 0. The van der Waals surface area contributed by atoms with Gasteiger partial charge in [0.25, 0.3) is 20.2 Å². The molecule has 0 spiro atoms. The minimum absolute atomic E-state index is 0.0287. The van der Waals surface area contributed by atoms with E-state index in [1.807, 2.05) is 6.07 Å². The van der Waals surface area contributed by atoms with Gasteiger partial charge in [-0.05, 0) is 35.7 Å². The van der Waals surface area contributed by atoms with Gasteiger partial charge in [-0.15, -0.1) is 10.2 Å². The Morgan fingerprint density at radius 1 is 1.00 bits per heavy atom. The van der Waals surface area contributed by atoms with Gasteiger partial charge in [-0.1, -0.05) is 17.4 Å². The third-order valence-electron chi connectivity index (χ3n) is 3.58. The summed E-state index contributed by atoms with van der Waals surface area (Å²) in [6.45, 7) is 0. The normalized spacial score (nSPS) is 12.5. The first-order chi connectivity index (χ1) is 13.0. The van der Waals surface area contributed by atoms with E-state index in [9.17, 15) is 25.9 Å². The fraction of sp³-hybridized carbons (Fsp3) is 0. The van der Waals surface area contributed by atoms with Crippen LogP contribution in [-0.4, -0.2) is 25.9 Å². The number of nitrogens with two attached hydrogens (primary N) is 1. The molecule has 10 nitrogen and oxygen atoms in total. The Kier molecular flexibility index (Phi) is 4.91. The summed E-state index contributed by atoms with van der Waals surface area (Å²) in [5.41, 5.74) is 6.13. The molecule has 0 aliphatic heterocycles. The molecule has 4 N–H and O–H groups in total. The van der Waals surface area contributed by atoms with Gasteiger partial charge in [0.05, 0.1) is 16.1 Å². The number of thiophene rings is 1. The summed E-state index contributed by atoms with van der Waals surface area (Å²) >= 11 is 1.04. The lowest BCUT2D eigenvalue weighted by atomic mass is 10.1. The van der Waals surface area contributed by atoms with Crippen LogP contribution >= 0.6 is 11.3 Å². The maximum atomic E-state index is 11.6. The van der Waals surface area contributed by atoms with Crippen LogP contribution in [0.15, 0.2) is 56.4 Å². The summed E-state index contributed by atoms with van der Waals surface area (Å²) in [5, 5.41) is 17.5. The predicted molar refractivity (Wildman–Crippen MR) is 101 cm³/mol. The number of anilines is 1. The number of nitriles is 1. The number of azo groups is 1. The molecule has 0 unspecified atom stereocenters. The molecule has 3 rings (SSSR count). The average Bonchev–Trinajstić information content (AvgIpc) is 2.97. The third-order valence-corrected chi connectivity index (χ3v) is 6.15. The van der Waals surface area contributed by atoms with E-state index in [-0.39, 0.29) is 27.0 Å². The number of benzene rings is 2. The monoisotopic (exact) mass is 438 g/mol. The fourth-order valence-corrected chi connectivity index (χ4v) is 4.41. The van der Waals surface area contributed by atoms with Crippen LogP contribution in [0.1, 0.15) is 5.56 Å². The molecule has 0 saturated carbocycles. The maximum absolute atomic E-state index is 11.6. The molecule has 0 fully saturated rings. The first kappa shape index (κ1) is 19.9. The van der Waals surface area contributed by atoms with Gasteiger partial charge in [0, 0.05) is 5.39 Å². The fourth-order valence-electron chi connectivity index (χ4n) is 2.36. The van der Waals surface area contributed by atoms with Gasteiger partial charge >= 0.3 is 0 Å². The van der Waals surface area contributed by atoms with Gasteiger partial charge in [-0.25, -0.2) is 0 Å². The molecule has 13 heteroatoms. The van der Waals surface area contributed by atoms with Crippen LogP contribution in [-0.2, 0) is 20.2 Å². The molecule has 0 bridgehead atoms. The van der Waals surface area contributed by atoms with E-state index in [4.69, 9.17) is 11.0 Å². The highest BCUT2D eigenvalue weighted by Gasteiger charge is 2.20. The Balaban J connectivity index is 2.14. The molecule has 0 radical (unpaired) electrons. The molecule has 0 aliphatic carbocycles. The van der Waals surface area contributed by atoms with Crippen LogP contribution < -0.4 is 5.73 Å². The van der Waals surface area contributed by atoms with E-state index in [0.717, 1.165) is 17.4 Å². The quantitative estimate of drug-likeness (QED) is 0.409. The summed E-state index contributed by atoms with van der Waals surface area (Å²) < 4.78 is 64.6. The highest BCUT2D eigenvalue weighted by atomic mass is 32.2. The van der Waals surface area contributed by atoms with E-state index >= 15 is 0 Å². The Bertz CT molecular complexity index is 1390. The van der Waals surface area contributed by atoms with Crippen molar-refractivity contribution in [3.05, 3.63) is 42.0 Å². The minimum Gasteiger partial charge on any atom is -0.389 e. The highest BCUT2D eigenvalue weighted by Crippen LogP contribution is 2.34. The standard InChI is InChI=1S/C15H10N4O6S3/c16-7-9-5-14(26-15(9)17)19-18-10-1-2-12-8(3-10)4-11(27(20,21)22)6-13(12)28(23,24)25/h1-6H,17H2,(H,20,21,22)(H,23,24,25). The van der Waals surface area contributed by atoms with E-state index < -0.39 is 30.0 Å². The smallest absolute Gasteiger partial charge is 0.295 e. The Morgan fingerprint density at radius 3 is 2.29 bits per heavy atom. The first-order valence-electron chi connectivity index (χ1n) is 7.23. The zero-order valence-corrected chi connectivity index (χ0v) is 16.1. The number of nitrogen functional groups attached to an aromatic ring is 1. The lowest BCUT2D eigenvalue weighted by Crippen LogP contribution is -2.04. The largest absolute Gasteiger partial charge is 0.389 e. The molecular weight excluding hydrogens is 428 g/mol. The molecule has 2 aromatic carbocycles. The molecule has 1 heterocycles. The van der Waals surface area contributed by atoms with Crippen LogP contribution in [0, 0.1) is 11.3 Å². The molecule has 144 valence electrons. The van der Waals surface area contributed by atoms with Crippen molar-refractivity contribution in [2.75, 3.05) is 5.73 Å². The SMILES string of the molecule is N#Cc1cc(N=Nc2ccc3c(S(=O)(=O)O)cc(S(=O)(=O)O)cc3c2)sc1N. The lowest BCUT2D eigenvalue weighted by Gasteiger charge is -2.07. The molecule has 28 heavy (non-hydrogen) atoms. The number of hydrogen-bond acceptors (Lipinski definition) is 9. The maximum Gasteiger partial charge on any atom is 0.295 e. The second-order valence-electron chi connectivity index (χ2n) is 5.45. The average molecular weight is 438 g/mol. The summed E-state index contributed by atoms with van der Waals surface area (Å²) in [6, 6.07) is 9.07. The van der Waals surface area contributed by atoms with Crippen LogP contribution in [0.5, 0.6) is 0 Å². The Hall–Kier alpha value is -2.89. The molecule has 0 saturated heterocycles. The zero-order valence-electron chi connectivity index (χ0n) is 13.6. The zero-order chi connectivity index (χ0) is 20.7. The number of hydrogen-bond donors (Lipinski definition) is 3. The van der Waals surface area contributed by atoms with Crippen molar-refractivity contribution in [1.82, 2.24) is 0 Å². The second kappa shape index (κ2) is 6.93. The second-order valence-corrected chi connectivity index (χ2v) is 9.33. The van der Waals surface area contributed by atoms with E-state index in [0.29, 0.717) is 11.1 Å². The summed E-state index contributed by atoms with van der Waals surface area (Å²) in [7, 11) is -9.48. The lowest BCUT2D eigenvalue weighted by molar-refractivity contribution is 0.482. The molecule has 3 aromatic rings. The van der Waals surface area contributed by atoms with Crippen molar-refractivity contribution in [3.8, 4) is 6.07 Å². The van der Waals surface area contributed by atoms with Gasteiger partial charge in [0.1, 0.15) is 21.0 Å². The molecule has 0 aliphatic rings. The minimum atomic E-state index is -4.76. The van der Waals surface area contributed by atoms with Gasteiger partial charge in [0.2, 0.25) is 0 Å². The van der Waals surface area contributed by atoms with Gasteiger partial charge in [-0.3, -0.25) is 9.11 Å². The molecular formula is C15H10N4O6S3. The van der Waals surface area contributed by atoms with Crippen LogP contribution in [0.3, 0.4) is 0 Å². The third kappa shape index (κ3) is 4.01. The Labute approximate surface area is 163 Å². The van der Waals surface area contributed by atoms with Crippen LogP contribution in [0.2, 0.25) is 0 Å². The van der Waals surface area contributed by atoms with E-state index in [1.54, 1.807) is 0 Å². The van der Waals surface area contributed by atoms with E-state index in [1.165, 1.54) is 24.3 Å². The Morgan fingerprint density at radius 2 is 1.71 bits per heavy atom. The van der Waals surface area contributed by atoms with Crippen LogP contribution in [0.4, 0.5) is 15.7 Å². The van der Waals surface area contributed by atoms with Crippen molar-refractivity contribution in [2.24, 2.45) is 10.2 Å². The van der Waals surface area contributed by atoms with Gasteiger partial charge < -0.3 is 5.73 Å². The van der Waals surface area contributed by atoms with Crippen molar-refractivity contribution in [3.63, 3.8) is 0 Å². The van der Waals surface area contributed by atoms with Gasteiger partial charge in [0.15, 0.2) is 0 Å². The van der Waals surface area contributed by atoms with Crippen molar-refractivity contribution >= 4 is 58.0 Å². The topological polar surface area (TPSA) is 183 Å². The van der Waals surface area contributed by atoms with Crippen LogP contribution in [0.25, 0.3) is 10.8 Å². The van der Waals surface area contributed by atoms with Crippen molar-refractivity contribution in [2.45, 2.75) is 9.79 Å². The van der Waals surface area contributed by atoms with Gasteiger partial charge in [-0.2, -0.15) is 22.1 Å². The highest BCUT2D eigenvalue weighted by molar-refractivity contribution is 7.86. The van der Waals surface area contributed by atoms with E-state index in [2.05, 4.69) is 10.2 Å². The first-order valence-corrected chi connectivity index (χ1v) is 10.9. The van der Waals surface area contributed by atoms with Crippen molar-refractivity contribution < 1.29 is 25.9 Å². The molecule has 0 amide bonds. The number of fused-ring (bicyclic) bond motifs is 1. The summed E-state index contributed by atoms with van der Waals surface area (Å²) in [4.78, 5) is -1.38.